The Bertz CT molecular complexity index is 685. The van der Waals surface area contributed by atoms with E-state index in [0.29, 0.717) is 25.6 Å². The second-order valence-corrected chi connectivity index (χ2v) is 7.59. The molecule has 0 radical (unpaired) electrons. The minimum atomic E-state index is -4.11. The summed E-state index contributed by atoms with van der Waals surface area (Å²) in [5, 5.41) is 0. The van der Waals surface area contributed by atoms with Gasteiger partial charge < -0.3 is 4.74 Å². The molecule has 1 saturated heterocycles. The highest BCUT2D eigenvalue weighted by atomic mass is 19.4. The molecular weight excluding hydrogens is 351 g/mol. The lowest BCUT2D eigenvalue weighted by atomic mass is 9.88. The number of rotatable bonds is 5. The molecule has 2 aliphatic rings. The standard InChI is InChI=1S/C22H28F3NO/c1-17-14-20(19-10-12-26(13-11-19)16-22(23,24)25)8-9-21(17)27-15-18-6-4-2-3-5-7-18/h4,6-9,14,19H,2-3,5,10-13,15-16H2,1H3. The topological polar surface area (TPSA) is 12.5 Å². The van der Waals surface area contributed by atoms with Crippen molar-refractivity contribution in [1.29, 1.82) is 0 Å². The Balaban J connectivity index is 1.55. The van der Waals surface area contributed by atoms with Gasteiger partial charge in [-0.25, -0.2) is 0 Å². The molecule has 1 aliphatic heterocycles. The first kappa shape index (κ1) is 20.0. The molecule has 3 rings (SSSR count). The molecule has 0 amide bonds. The number of hydrogen-bond acceptors (Lipinski definition) is 2. The van der Waals surface area contributed by atoms with Gasteiger partial charge in [-0.3, -0.25) is 4.90 Å². The fraction of sp³-hybridized carbons (Fsp3) is 0.545. The number of ether oxygens (including phenoxy) is 1. The molecule has 148 valence electrons. The average Bonchev–Trinajstić information content (AvgIpc) is 2.89. The first-order valence-corrected chi connectivity index (χ1v) is 9.79. The minimum Gasteiger partial charge on any atom is -0.489 e. The van der Waals surface area contributed by atoms with Gasteiger partial charge in [-0.05, 0) is 80.8 Å². The van der Waals surface area contributed by atoms with E-state index in [4.69, 9.17) is 4.74 Å². The zero-order valence-electron chi connectivity index (χ0n) is 15.9. The SMILES string of the molecule is Cc1cc(C2CCN(CC(F)(F)F)CC2)ccc1OCC1=CCCCC=C1. The highest BCUT2D eigenvalue weighted by Gasteiger charge is 2.32. The molecule has 0 spiro atoms. The van der Waals surface area contributed by atoms with Crippen LogP contribution in [0.2, 0.25) is 0 Å². The van der Waals surface area contributed by atoms with E-state index in [9.17, 15) is 13.2 Å². The summed E-state index contributed by atoms with van der Waals surface area (Å²) >= 11 is 0. The summed E-state index contributed by atoms with van der Waals surface area (Å²) < 4.78 is 43.6. The predicted octanol–water partition coefficient (Wildman–Crippen LogP) is 5.78. The van der Waals surface area contributed by atoms with Crippen LogP contribution in [0.5, 0.6) is 5.75 Å². The molecule has 1 aliphatic carbocycles. The van der Waals surface area contributed by atoms with Crippen LogP contribution < -0.4 is 4.74 Å². The molecule has 1 aromatic rings. The predicted molar refractivity (Wildman–Crippen MR) is 102 cm³/mol. The van der Waals surface area contributed by atoms with Gasteiger partial charge in [-0.2, -0.15) is 13.2 Å². The monoisotopic (exact) mass is 379 g/mol. The lowest BCUT2D eigenvalue weighted by molar-refractivity contribution is -0.147. The van der Waals surface area contributed by atoms with Gasteiger partial charge in [0.1, 0.15) is 12.4 Å². The second kappa shape index (κ2) is 8.96. The van der Waals surface area contributed by atoms with E-state index in [2.05, 4.69) is 30.4 Å². The van der Waals surface area contributed by atoms with Gasteiger partial charge in [0.15, 0.2) is 0 Å². The van der Waals surface area contributed by atoms with E-state index in [1.54, 1.807) is 0 Å². The number of nitrogens with zero attached hydrogens (tertiary/aromatic N) is 1. The van der Waals surface area contributed by atoms with Crippen molar-refractivity contribution in [3.05, 3.63) is 53.1 Å². The largest absolute Gasteiger partial charge is 0.489 e. The Labute approximate surface area is 159 Å². The third-order valence-corrected chi connectivity index (χ3v) is 5.37. The van der Waals surface area contributed by atoms with Crippen molar-refractivity contribution in [2.24, 2.45) is 0 Å². The van der Waals surface area contributed by atoms with Gasteiger partial charge in [-0.15, -0.1) is 0 Å². The van der Waals surface area contributed by atoms with Crippen LogP contribution >= 0.6 is 0 Å². The lowest BCUT2D eigenvalue weighted by Crippen LogP contribution is -2.39. The molecule has 1 fully saturated rings. The van der Waals surface area contributed by atoms with Crippen molar-refractivity contribution in [1.82, 2.24) is 4.90 Å². The molecular formula is C22H28F3NO. The molecule has 0 aromatic heterocycles. The molecule has 0 saturated carbocycles. The van der Waals surface area contributed by atoms with Crippen molar-refractivity contribution in [3.8, 4) is 5.75 Å². The van der Waals surface area contributed by atoms with E-state index in [1.807, 2.05) is 13.0 Å². The number of likely N-dealkylation sites (tertiary alicyclic amines) is 1. The third kappa shape index (κ3) is 6.13. The van der Waals surface area contributed by atoms with Crippen LogP contribution in [0.3, 0.4) is 0 Å². The lowest BCUT2D eigenvalue weighted by Gasteiger charge is -2.32. The zero-order valence-corrected chi connectivity index (χ0v) is 15.9. The Kier molecular flexibility index (Phi) is 6.64. The number of halogens is 3. The maximum Gasteiger partial charge on any atom is 0.401 e. The fourth-order valence-corrected chi connectivity index (χ4v) is 3.86. The van der Waals surface area contributed by atoms with Crippen molar-refractivity contribution in [3.63, 3.8) is 0 Å². The fourth-order valence-electron chi connectivity index (χ4n) is 3.86. The highest BCUT2D eigenvalue weighted by molar-refractivity contribution is 5.38. The second-order valence-electron chi connectivity index (χ2n) is 7.59. The molecule has 0 bridgehead atoms. The molecule has 5 heteroatoms. The summed E-state index contributed by atoms with van der Waals surface area (Å²) in [5.41, 5.74) is 3.51. The average molecular weight is 379 g/mol. The first-order valence-electron chi connectivity index (χ1n) is 9.79. The number of piperidine rings is 1. The summed E-state index contributed by atoms with van der Waals surface area (Å²) in [6, 6.07) is 6.22. The molecule has 2 nitrogen and oxygen atoms in total. The van der Waals surface area contributed by atoms with Crippen LogP contribution in [0.4, 0.5) is 13.2 Å². The van der Waals surface area contributed by atoms with E-state index in [0.717, 1.165) is 37.0 Å². The number of allylic oxidation sites excluding steroid dienone is 2. The van der Waals surface area contributed by atoms with Crippen LogP contribution in [0.1, 0.15) is 49.1 Å². The summed E-state index contributed by atoms with van der Waals surface area (Å²) in [4.78, 5) is 1.51. The summed E-state index contributed by atoms with van der Waals surface area (Å²) in [5.74, 6) is 1.21. The van der Waals surface area contributed by atoms with E-state index in [1.165, 1.54) is 22.5 Å². The number of hydrogen-bond donors (Lipinski definition) is 0. The minimum absolute atomic E-state index is 0.328. The summed E-state index contributed by atoms with van der Waals surface area (Å²) in [7, 11) is 0. The smallest absolute Gasteiger partial charge is 0.401 e. The Hall–Kier alpha value is -1.75. The summed E-state index contributed by atoms with van der Waals surface area (Å²) in [6.45, 7) is 2.82. The van der Waals surface area contributed by atoms with Gasteiger partial charge in [0, 0.05) is 0 Å². The zero-order chi connectivity index (χ0) is 19.3. The van der Waals surface area contributed by atoms with Crippen molar-refractivity contribution < 1.29 is 17.9 Å². The van der Waals surface area contributed by atoms with E-state index in [-0.39, 0.29) is 0 Å². The van der Waals surface area contributed by atoms with Gasteiger partial charge in [0.05, 0.1) is 6.54 Å². The third-order valence-electron chi connectivity index (χ3n) is 5.37. The Morgan fingerprint density at radius 2 is 1.93 bits per heavy atom. The quantitative estimate of drug-likeness (QED) is 0.643. The maximum atomic E-state index is 12.5. The maximum absolute atomic E-state index is 12.5. The molecule has 0 unspecified atom stereocenters. The van der Waals surface area contributed by atoms with E-state index < -0.39 is 12.7 Å². The van der Waals surface area contributed by atoms with Crippen molar-refractivity contribution in [2.75, 3.05) is 26.2 Å². The normalized spacial score (nSPS) is 19.6. The van der Waals surface area contributed by atoms with E-state index >= 15 is 0 Å². The van der Waals surface area contributed by atoms with Gasteiger partial charge in [0.25, 0.3) is 0 Å². The molecule has 0 N–H and O–H groups in total. The van der Waals surface area contributed by atoms with Crippen LogP contribution in [0.25, 0.3) is 0 Å². The Morgan fingerprint density at radius 1 is 1.15 bits per heavy atom. The van der Waals surface area contributed by atoms with Crippen LogP contribution in [0.15, 0.2) is 42.0 Å². The van der Waals surface area contributed by atoms with Crippen molar-refractivity contribution in [2.45, 2.75) is 51.1 Å². The van der Waals surface area contributed by atoms with Crippen molar-refractivity contribution >= 4 is 0 Å². The first-order chi connectivity index (χ1) is 12.9. The Morgan fingerprint density at radius 3 is 2.63 bits per heavy atom. The molecule has 27 heavy (non-hydrogen) atoms. The number of alkyl halides is 3. The number of benzene rings is 1. The summed E-state index contributed by atoms with van der Waals surface area (Å²) in [6.07, 6.45) is 7.42. The van der Waals surface area contributed by atoms with Crippen LogP contribution in [-0.4, -0.2) is 37.3 Å². The van der Waals surface area contributed by atoms with Gasteiger partial charge >= 0.3 is 6.18 Å². The van der Waals surface area contributed by atoms with Gasteiger partial charge in [-0.1, -0.05) is 30.4 Å². The van der Waals surface area contributed by atoms with Crippen LogP contribution in [0, 0.1) is 6.92 Å². The molecule has 1 aromatic carbocycles. The highest BCUT2D eigenvalue weighted by Crippen LogP contribution is 2.32. The number of aryl methyl sites for hydroxylation is 1. The molecule has 1 heterocycles. The van der Waals surface area contributed by atoms with Gasteiger partial charge in [0.2, 0.25) is 0 Å². The molecule has 0 atom stereocenters. The van der Waals surface area contributed by atoms with Crippen LogP contribution in [-0.2, 0) is 0 Å².